The summed E-state index contributed by atoms with van der Waals surface area (Å²) in [5, 5.41) is 4.16. The molecule has 26 heavy (non-hydrogen) atoms. The molecule has 1 atom stereocenters. The molecule has 1 aromatic heterocycles. The fraction of sp³-hybridized carbons (Fsp3) is 0.750. The van der Waals surface area contributed by atoms with Crippen molar-refractivity contribution in [3.63, 3.8) is 0 Å². The topological polar surface area (TPSA) is 58.4 Å². The molecule has 2 saturated heterocycles. The third kappa shape index (κ3) is 3.38. The van der Waals surface area contributed by atoms with Gasteiger partial charge in [0.2, 0.25) is 11.8 Å². The van der Waals surface area contributed by atoms with Crippen molar-refractivity contribution in [3.05, 3.63) is 18.0 Å². The van der Waals surface area contributed by atoms with Crippen LogP contribution in [0.5, 0.6) is 0 Å². The van der Waals surface area contributed by atoms with Gasteiger partial charge < -0.3 is 9.80 Å². The SMILES string of the molecule is Cn1cc(CCC(=O)N2CCC3(CCCN(CC4CCC4)C3=O)C2)cn1. The molecule has 0 aromatic carbocycles. The van der Waals surface area contributed by atoms with E-state index in [1.807, 2.05) is 24.3 Å². The maximum atomic E-state index is 13.2. The Labute approximate surface area is 155 Å². The lowest BCUT2D eigenvalue weighted by molar-refractivity contribution is -0.147. The molecule has 6 nitrogen and oxygen atoms in total. The number of nitrogens with zero attached hydrogens (tertiary/aromatic N) is 4. The summed E-state index contributed by atoms with van der Waals surface area (Å²) >= 11 is 0. The molecule has 2 aliphatic heterocycles. The van der Waals surface area contributed by atoms with E-state index in [4.69, 9.17) is 0 Å². The second kappa shape index (κ2) is 7.05. The van der Waals surface area contributed by atoms with Crippen LogP contribution >= 0.6 is 0 Å². The number of hydrogen-bond acceptors (Lipinski definition) is 3. The van der Waals surface area contributed by atoms with E-state index in [0.29, 0.717) is 24.8 Å². The van der Waals surface area contributed by atoms with Crippen LogP contribution in [0.25, 0.3) is 0 Å². The third-order valence-electron chi connectivity index (χ3n) is 6.62. The van der Waals surface area contributed by atoms with Crippen LogP contribution in [0.2, 0.25) is 0 Å². The summed E-state index contributed by atoms with van der Waals surface area (Å²) in [6, 6.07) is 0. The second-order valence-electron chi connectivity index (χ2n) is 8.52. The first-order valence-electron chi connectivity index (χ1n) is 10.1. The zero-order valence-corrected chi connectivity index (χ0v) is 15.8. The van der Waals surface area contributed by atoms with E-state index in [1.54, 1.807) is 4.68 Å². The molecule has 3 aliphatic rings. The highest BCUT2D eigenvalue weighted by atomic mass is 16.2. The molecule has 1 saturated carbocycles. The molecule has 1 aliphatic carbocycles. The Balaban J connectivity index is 1.33. The zero-order valence-electron chi connectivity index (χ0n) is 15.8. The molecule has 1 aromatic rings. The first kappa shape index (κ1) is 17.6. The summed E-state index contributed by atoms with van der Waals surface area (Å²) in [6.07, 6.45) is 11.7. The van der Waals surface area contributed by atoms with Crippen molar-refractivity contribution in [1.29, 1.82) is 0 Å². The Morgan fingerprint density at radius 2 is 2.12 bits per heavy atom. The number of carbonyl (C=O) groups is 2. The van der Waals surface area contributed by atoms with E-state index in [2.05, 4.69) is 10.00 Å². The highest BCUT2D eigenvalue weighted by Crippen LogP contribution is 2.41. The number of hydrogen-bond donors (Lipinski definition) is 0. The molecule has 3 fully saturated rings. The van der Waals surface area contributed by atoms with Crippen molar-refractivity contribution in [2.24, 2.45) is 18.4 Å². The van der Waals surface area contributed by atoms with Gasteiger partial charge in [-0.05, 0) is 50.0 Å². The van der Waals surface area contributed by atoms with E-state index < -0.39 is 0 Å². The van der Waals surface area contributed by atoms with E-state index in [9.17, 15) is 9.59 Å². The first-order valence-corrected chi connectivity index (χ1v) is 10.1. The average molecular weight is 358 g/mol. The monoisotopic (exact) mass is 358 g/mol. The van der Waals surface area contributed by atoms with Gasteiger partial charge in [-0.2, -0.15) is 5.10 Å². The molecule has 2 amide bonds. The second-order valence-corrected chi connectivity index (χ2v) is 8.52. The van der Waals surface area contributed by atoms with Crippen LogP contribution in [0.3, 0.4) is 0 Å². The molecule has 1 unspecified atom stereocenters. The number of rotatable bonds is 5. The van der Waals surface area contributed by atoms with E-state index in [-0.39, 0.29) is 11.3 Å². The fourth-order valence-corrected chi connectivity index (χ4v) is 4.79. The number of aromatic nitrogens is 2. The van der Waals surface area contributed by atoms with Crippen molar-refractivity contribution in [3.8, 4) is 0 Å². The molecule has 0 N–H and O–H groups in total. The van der Waals surface area contributed by atoms with Gasteiger partial charge in [-0.3, -0.25) is 14.3 Å². The predicted octanol–water partition coefficient (Wildman–Crippen LogP) is 1.99. The quantitative estimate of drug-likeness (QED) is 0.809. The van der Waals surface area contributed by atoms with E-state index in [0.717, 1.165) is 50.9 Å². The number of amides is 2. The van der Waals surface area contributed by atoms with E-state index in [1.165, 1.54) is 19.3 Å². The molecule has 0 radical (unpaired) electrons. The van der Waals surface area contributed by atoms with Crippen LogP contribution in [0.15, 0.2) is 12.4 Å². The van der Waals surface area contributed by atoms with Crippen LogP contribution in [0.4, 0.5) is 0 Å². The fourth-order valence-electron chi connectivity index (χ4n) is 4.79. The largest absolute Gasteiger partial charge is 0.342 e. The van der Waals surface area contributed by atoms with Gasteiger partial charge in [0, 0.05) is 45.8 Å². The molecule has 3 heterocycles. The maximum absolute atomic E-state index is 13.2. The average Bonchev–Trinajstić information content (AvgIpc) is 3.20. The van der Waals surface area contributed by atoms with Gasteiger partial charge in [-0.15, -0.1) is 0 Å². The number of carbonyl (C=O) groups excluding carboxylic acids is 2. The lowest BCUT2D eigenvalue weighted by Gasteiger charge is -2.42. The van der Waals surface area contributed by atoms with Crippen LogP contribution in [0.1, 0.15) is 50.5 Å². The van der Waals surface area contributed by atoms with Crippen molar-refractivity contribution < 1.29 is 9.59 Å². The standard InChI is InChI=1S/C20H30N4O2/c1-22-13-17(12-21-22)6-7-18(25)24-11-9-20(15-24)8-3-10-23(19(20)26)14-16-4-2-5-16/h12-13,16H,2-11,14-15H2,1H3. The Kier molecular flexibility index (Phi) is 4.76. The van der Waals surface area contributed by atoms with Crippen molar-refractivity contribution in [2.45, 2.75) is 51.4 Å². The van der Waals surface area contributed by atoms with E-state index >= 15 is 0 Å². The zero-order chi connectivity index (χ0) is 18.1. The molecule has 6 heteroatoms. The van der Waals surface area contributed by atoms with Crippen LogP contribution in [-0.2, 0) is 23.1 Å². The maximum Gasteiger partial charge on any atom is 0.230 e. The summed E-state index contributed by atoms with van der Waals surface area (Å²) in [5.41, 5.74) is 0.793. The van der Waals surface area contributed by atoms with Gasteiger partial charge in [0.1, 0.15) is 0 Å². The summed E-state index contributed by atoms with van der Waals surface area (Å²) in [7, 11) is 1.89. The summed E-state index contributed by atoms with van der Waals surface area (Å²) < 4.78 is 1.77. The van der Waals surface area contributed by atoms with Crippen LogP contribution in [0, 0.1) is 11.3 Å². The van der Waals surface area contributed by atoms with Gasteiger partial charge in [-0.25, -0.2) is 0 Å². The molecule has 1 spiro atoms. The number of aryl methyl sites for hydroxylation is 2. The van der Waals surface area contributed by atoms with Gasteiger partial charge >= 0.3 is 0 Å². The predicted molar refractivity (Wildman–Crippen MR) is 98.3 cm³/mol. The number of piperidine rings is 1. The van der Waals surface area contributed by atoms with Gasteiger partial charge in [0.15, 0.2) is 0 Å². The minimum Gasteiger partial charge on any atom is -0.342 e. The minimum atomic E-state index is -0.300. The summed E-state index contributed by atoms with van der Waals surface area (Å²) in [4.78, 5) is 29.8. The minimum absolute atomic E-state index is 0.176. The molecular weight excluding hydrogens is 328 g/mol. The Bertz CT molecular complexity index is 681. The molecule has 4 rings (SSSR count). The smallest absolute Gasteiger partial charge is 0.230 e. The molecule has 0 bridgehead atoms. The molecule has 142 valence electrons. The van der Waals surface area contributed by atoms with Gasteiger partial charge in [0.25, 0.3) is 0 Å². The van der Waals surface area contributed by atoms with Crippen molar-refractivity contribution in [2.75, 3.05) is 26.2 Å². The van der Waals surface area contributed by atoms with Gasteiger partial charge in [0.05, 0.1) is 11.6 Å². The summed E-state index contributed by atoms with van der Waals surface area (Å²) in [5.74, 6) is 1.21. The van der Waals surface area contributed by atoms with Crippen molar-refractivity contribution in [1.82, 2.24) is 19.6 Å². The highest BCUT2D eigenvalue weighted by Gasteiger charge is 2.49. The lowest BCUT2D eigenvalue weighted by atomic mass is 9.77. The Hall–Kier alpha value is -1.85. The lowest BCUT2D eigenvalue weighted by Crippen LogP contribution is -2.52. The molecular formula is C20H30N4O2. The van der Waals surface area contributed by atoms with Crippen LogP contribution < -0.4 is 0 Å². The number of likely N-dealkylation sites (tertiary alicyclic amines) is 2. The Morgan fingerprint density at radius 3 is 2.81 bits per heavy atom. The Morgan fingerprint density at radius 1 is 1.27 bits per heavy atom. The summed E-state index contributed by atoms with van der Waals surface area (Å²) in [6.45, 7) is 3.20. The first-order chi connectivity index (χ1) is 12.6. The van der Waals surface area contributed by atoms with Gasteiger partial charge in [-0.1, -0.05) is 6.42 Å². The highest BCUT2D eigenvalue weighted by molar-refractivity contribution is 5.86. The normalized spacial score (nSPS) is 26.6. The van der Waals surface area contributed by atoms with Crippen LogP contribution in [-0.4, -0.2) is 57.6 Å². The van der Waals surface area contributed by atoms with Crippen molar-refractivity contribution >= 4 is 11.8 Å². The third-order valence-corrected chi connectivity index (χ3v) is 6.62.